The molecule has 0 saturated carbocycles. The molecule has 1 heterocycles. The Morgan fingerprint density at radius 1 is 1.23 bits per heavy atom. The first-order valence-electron chi connectivity index (χ1n) is 8.00. The molecule has 26 heavy (non-hydrogen) atoms. The standard InChI is InChI=1S/C16H20N4O5S/c1-4-11-12(16(21)19-18-13(11)5-2)9-17-14-7-6-10(26(3,24)25)8-15(14)20(22)23/h6-8,17H,4-5,9H2,1-3H3,(H,19,21). The second-order valence-electron chi connectivity index (χ2n) is 5.73. The molecule has 0 unspecified atom stereocenters. The lowest BCUT2D eigenvalue weighted by Gasteiger charge is -2.12. The van der Waals surface area contributed by atoms with E-state index in [0.717, 1.165) is 23.6 Å². The van der Waals surface area contributed by atoms with Gasteiger partial charge in [-0.1, -0.05) is 13.8 Å². The van der Waals surface area contributed by atoms with Gasteiger partial charge in [0.15, 0.2) is 9.84 Å². The van der Waals surface area contributed by atoms with Crippen molar-refractivity contribution in [1.29, 1.82) is 0 Å². The van der Waals surface area contributed by atoms with Gasteiger partial charge in [0.25, 0.3) is 11.2 Å². The van der Waals surface area contributed by atoms with Crippen LogP contribution >= 0.6 is 0 Å². The minimum Gasteiger partial charge on any atom is -0.375 e. The van der Waals surface area contributed by atoms with Crippen LogP contribution in [-0.2, 0) is 29.2 Å². The molecule has 0 saturated heterocycles. The summed E-state index contributed by atoms with van der Waals surface area (Å²) in [6.45, 7) is 3.89. The van der Waals surface area contributed by atoms with Crippen molar-refractivity contribution in [3.8, 4) is 0 Å². The molecule has 0 atom stereocenters. The van der Waals surface area contributed by atoms with Crippen molar-refractivity contribution >= 4 is 21.2 Å². The number of aryl methyl sites for hydroxylation is 1. The van der Waals surface area contributed by atoms with E-state index in [4.69, 9.17) is 0 Å². The second-order valence-corrected chi connectivity index (χ2v) is 7.74. The number of nitro groups is 1. The van der Waals surface area contributed by atoms with E-state index in [9.17, 15) is 23.3 Å². The van der Waals surface area contributed by atoms with Gasteiger partial charge in [-0.25, -0.2) is 13.5 Å². The Hall–Kier alpha value is -2.75. The number of anilines is 1. The number of nitro benzene ring substituents is 1. The number of aromatic amines is 1. The lowest BCUT2D eigenvalue weighted by molar-refractivity contribution is -0.384. The van der Waals surface area contributed by atoms with E-state index < -0.39 is 14.8 Å². The molecule has 0 amide bonds. The van der Waals surface area contributed by atoms with Crippen LogP contribution in [0.3, 0.4) is 0 Å². The zero-order valence-corrected chi connectivity index (χ0v) is 15.5. The van der Waals surface area contributed by atoms with Gasteiger partial charge in [-0.3, -0.25) is 14.9 Å². The third kappa shape index (κ3) is 4.07. The molecule has 0 aliphatic heterocycles. The number of hydrogen-bond donors (Lipinski definition) is 2. The first-order valence-corrected chi connectivity index (χ1v) is 9.89. The van der Waals surface area contributed by atoms with Crippen molar-refractivity contribution < 1.29 is 13.3 Å². The topological polar surface area (TPSA) is 135 Å². The summed E-state index contributed by atoms with van der Waals surface area (Å²) in [6, 6.07) is 3.63. The summed E-state index contributed by atoms with van der Waals surface area (Å²) in [4.78, 5) is 22.6. The Balaban J connectivity index is 2.42. The fourth-order valence-corrected chi connectivity index (χ4v) is 3.33. The van der Waals surface area contributed by atoms with Crippen LogP contribution in [0.1, 0.15) is 30.7 Å². The molecule has 0 fully saturated rings. The Kier molecular flexibility index (Phi) is 5.76. The third-order valence-electron chi connectivity index (χ3n) is 4.02. The molecule has 0 aliphatic rings. The van der Waals surface area contributed by atoms with Gasteiger partial charge in [0, 0.05) is 24.4 Å². The fraction of sp³-hybridized carbons (Fsp3) is 0.375. The number of sulfone groups is 1. The SMILES string of the molecule is CCc1n[nH]c(=O)c(CNc2ccc(S(C)(=O)=O)cc2[N+](=O)[O-])c1CC. The van der Waals surface area contributed by atoms with Crippen molar-refractivity contribution in [2.45, 2.75) is 38.1 Å². The third-order valence-corrected chi connectivity index (χ3v) is 5.13. The van der Waals surface area contributed by atoms with Crippen molar-refractivity contribution in [1.82, 2.24) is 10.2 Å². The van der Waals surface area contributed by atoms with E-state index in [1.807, 2.05) is 13.8 Å². The molecule has 140 valence electrons. The molecule has 2 N–H and O–H groups in total. The molecule has 0 bridgehead atoms. The molecule has 2 rings (SSSR count). The van der Waals surface area contributed by atoms with Crippen molar-refractivity contribution in [3.63, 3.8) is 0 Å². The number of aromatic nitrogens is 2. The maximum absolute atomic E-state index is 12.1. The lowest BCUT2D eigenvalue weighted by atomic mass is 10.0. The van der Waals surface area contributed by atoms with Gasteiger partial charge in [-0.15, -0.1) is 0 Å². The summed E-state index contributed by atoms with van der Waals surface area (Å²) in [5.74, 6) is 0. The molecule has 1 aromatic heterocycles. The van der Waals surface area contributed by atoms with Crippen molar-refractivity contribution in [3.05, 3.63) is 55.5 Å². The molecule has 0 spiro atoms. The van der Waals surface area contributed by atoms with E-state index in [1.165, 1.54) is 12.1 Å². The molecule has 10 heteroatoms. The van der Waals surface area contributed by atoms with Crippen molar-refractivity contribution in [2.75, 3.05) is 11.6 Å². The van der Waals surface area contributed by atoms with Gasteiger partial charge in [0.2, 0.25) is 0 Å². The molecule has 1 aromatic carbocycles. The number of nitrogens with one attached hydrogen (secondary N) is 2. The highest BCUT2D eigenvalue weighted by Gasteiger charge is 2.19. The minimum absolute atomic E-state index is 0.0626. The molecule has 9 nitrogen and oxygen atoms in total. The van der Waals surface area contributed by atoms with E-state index >= 15 is 0 Å². The highest BCUT2D eigenvalue weighted by atomic mass is 32.2. The highest BCUT2D eigenvalue weighted by molar-refractivity contribution is 7.90. The number of nitrogens with zero attached hydrogens (tertiary/aromatic N) is 2. The Morgan fingerprint density at radius 2 is 1.92 bits per heavy atom. The molecular formula is C16H20N4O5S. The average molecular weight is 380 g/mol. The molecular weight excluding hydrogens is 360 g/mol. The molecule has 0 radical (unpaired) electrons. The Bertz CT molecular complexity index is 998. The maximum Gasteiger partial charge on any atom is 0.293 e. The monoisotopic (exact) mass is 380 g/mol. The van der Waals surface area contributed by atoms with Crippen LogP contribution in [0, 0.1) is 10.1 Å². The van der Waals surface area contributed by atoms with Crippen molar-refractivity contribution in [2.24, 2.45) is 0 Å². The lowest BCUT2D eigenvalue weighted by Crippen LogP contribution is -2.22. The smallest absolute Gasteiger partial charge is 0.293 e. The van der Waals surface area contributed by atoms with Gasteiger partial charge in [0.1, 0.15) is 5.69 Å². The predicted octanol–water partition coefficient (Wildman–Crippen LogP) is 1.82. The van der Waals surface area contributed by atoms with Crippen LogP contribution < -0.4 is 10.9 Å². The maximum atomic E-state index is 12.1. The fourth-order valence-electron chi connectivity index (χ4n) is 2.69. The zero-order valence-electron chi connectivity index (χ0n) is 14.7. The summed E-state index contributed by atoms with van der Waals surface area (Å²) in [6.07, 6.45) is 2.23. The van der Waals surface area contributed by atoms with E-state index in [1.54, 1.807) is 0 Å². The van der Waals surface area contributed by atoms with Crippen LogP contribution in [0.25, 0.3) is 0 Å². The highest BCUT2D eigenvalue weighted by Crippen LogP contribution is 2.28. The summed E-state index contributed by atoms with van der Waals surface area (Å²) in [5, 5.41) is 20.6. The van der Waals surface area contributed by atoms with Crippen LogP contribution in [0.4, 0.5) is 11.4 Å². The van der Waals surface area contributed by atoms with Gasteiger partial charge >= 0.3 is 0 Å². The number of H-pyrrole nitrogens is 1. The minimum atomic E-state index is -3.56. The number of benzene rings is 1. The summed E-state index contributed by atoms with van der Waals surface area (Å²) < 4.78 is 23.2. The summed E-state index contributed by atoms with van der Waals surface area (Å²) >= 11 is 0. The van der Waals surface area contributed by atoms with Gasteiger partial charge in [-0.2, -0.15) is 5.10 Å². The number of rotatable bonds is 7. The normalized spacial score (nSPS) is 11.3. The Morgan fingerprint density at radius 3 is 2.46 bits per heavy atom. The van der Waals surface area contributed by atoms with E-state index in [0.29, 0.717) is 18.4 Å². The first kappa shape index (κ1) is 19.6. The Labute approximate surface area is 150 Å². The molecule has 2 aromatic rings. The van der Waals surface area contributed by atoms with E-state index in [-0.39, 0.29) is 28.4 Å². The first-order chi connectivity index (χ1) is 12.2. The van der Waals surface area contributed by atoms with Crippen LogP contribution in [0.15, 0.2) is 27.9 Å². The van der Waals surface area contributed by atoms with Crippen LogP contribution in [0.2, 0.25) is 0 Å². The average Bonchev–Trinajstić information content (AvgIpc) is 2.59. The zero-order chi connectivity index (χ0) is 19.5. The predicted molar refractivity (Wildman–Crippen MR) is 97.1 cm³/mol. The van der Waals surface area contributed by atoms with E-state index in [2.05, 4.69) is 15.5 Å². The van der Waals surface area contributed by atoms with Crippen LogP contribution in [-0.4, -0.2) is 29.8 Å². The summed E-state index contributed by atoms with van der Waals surface area (Å²) in [5.41, 5.74) is 1.44. The molecule has 0 aliphatic carbocycles. The van der Waals surface area contributed by atoms with Crippen LogP contribution in [0.5, 0.6) is 0 Å². The second kappa shape index (κ2) is 7.65. The number of hydrogen-bond acceptors (Lipinski definition) is 7. The largest absolute Gasteiger partial charge is 0.375 e. The quantitative estimate of drug-likeness (QED) is 0.552. The van der Waals surface area contributed by atoms with Gasteiger partial charge < -0.3 is 5.32 Å². The summed E-state index contributed by atoms with van der Waals surface area (Å²) in [7, 11) is -3.56. The van der Waals surface area contributed by atoms with Gasteiger partial charge in [-0.05, 0) is 30.5 Å². The van der Waals surface area contributed by atoms with Gasteiger partial charge in [0.05, 0.1) is 15.5 Å².